The van der Waals surface area contributed by atoms with Gasteiger partial charge >= 0.3 is 5.97 Å². The Labute approximate surface area is 156 Å². The average molecular weight is 378 g/mol. The van der Waals surface area contributed by atoms with Crippen LogP contribution in [0.15, 0.2) is 29.5 Å². The topological polar surface area (TPSA) is 126 Å². The average Bonchev–Trinajstić information content (AvgIpc) is 2.87. The zero-order valence-electron chi connectivity index (χ0n) is 15.5. The van der Waals surface area contributed by atoms with Crippen molar-refractivity contribution in [2.45, 2.75) is 39.5 Å². The van der Waals surface area contributed by atoms with E-state index in [-0.39, 0.29) is 28.4 Å². The molecule has 1 aliphatic heterocycles. The molecule has 1 aliphatic rings. The minimum absolute atomic E-state index is 0.00413. The van der Waals surface area contributed by atoms with E-state index in [4.69, 9.17) is 4.84 Å². The highest BCUT2D eigenvalue weighted by atomic mass is 16.7. The molecule has 0 radical (unpaired) electrons. The van der Waals surface area contributed by atoms with Crippen LogP contribution in [0.25, 0.3) is 0 Å². The standard InChI is InChI=1S/C17H22N4O6/c1-10(2)9-14(17(24)25)19(4)21(26)18-27-11(3)20-15(22)12-7-5-6-8-13(12)16(20)23/h5-8,10-11,14H,9H2,1-4H3,(H,24,25)/b21-18-/t11?,14-/m0/s1. The fraction of sp³-hybridized carbons (Fsp3) is 0.471. The molecule has 0 aliphatic carbocycles. The first-order valence-corrected chi connectivity index (χ1v) is 8.41. The molecule has 0 fully saturated rings. The van der Waals surface area contributed by atoms with Gasteiger partial charge in [0.05, 0.1) is 23.1 Å². The first-order valence-electron chi connectivity index (χ1n) is 8.41. The first kappa shape index (κ1) is 20.1. The van der Waals surface area contributed by atoms with E-state index in [0.29, 0.717) is 0 Å². The number of carbonyl (C=O) groups is 3. The number of rotatable bonds is 8. The number of hydrogen-bond donors (Lipinski definition) is 1. The molecule has 0 saturated carbocycles. The van der Waals surface area contributed by atoms with Gasteiger partial charge in [0, 0.05) is 0 Å². The van der Waals surface area contributed by atoms with E-state index in [2.05, 4.69) is 5.28 Å². The molecule has 1 N–H and O–H groups in total. The molecule has 1 unspecified atom stereocenters. The Morgan fingerprint density at radius 2 is 1.78 bits per heavy atom. The molecular formula is C17H22N4O6. The van der Waals surface area contributed by atoms with Crippen LogP contribution in [0, 0.1) is 11.1 Å². The molecule has 0 spiro atoms. The third-order valence-electron chi connectivity index (χ3n) is 4.16. The number of benzene rings is 1. The molecule has 0 saturated heterocycles. The third kappa shape index (κ3) is 4.15. The predicted molar refractivity (Wildman–Crippen MR) is 92.2 cm³/mol. The number of fused-ring (bicyclic) bond motifs is 1. The van der Waals surface area contributed by atoms with Gasteiger partial charge in [0.15, 0.2) is 6.04 Å². The van der Waals surface area contributed by atoms with Crippen LogP contribution in [0.5, 0.6) is 0 Å². The van der Waals surface area contributed by atoms with Gasteiger partial charge in [-0.15, -0.1) is 5.01 Å². The Bertz CT molecular complexity index is 743. The van der Waals surface area contributed by atoms with Crippen molar-refractivity contribution in [3.05, 3.63) is 40.6 Å². The number of hydrazine groups is 1. The molecule has 2 rings (SSSR count). The Morgan fingerprint density at radius 3 is 2.22 bits per heavy atom. The second-order valence-electron chi connectivity index (χ2n) is 6.62. The second kappa shape index (κ2) is 8.02. The van der Waals surface area contributed by atoms with Gasteiger partial charge in [0.2, 0.25) is 11.5 Å². The van der Waals surface area contributed by atoms with Crippen molar-refractivity contribution in [2.24, 2.45) is 11.2 Å². The van der Waals surface area contributed by atoms with Gasteiger partial charge in [-0.2, -0.15) is 0 Å². The van der Waals surface area contributed by atoms with Gasteiger partial charge in [-0.05, 0) is 31.4 Å². The summed E-state index contributed by atoms with van der Waals surface area (Å²) in [6.45, 7) is 5.05. The van der Waals surface area contributed by atoms with E-state index in [1.807, 2.05) is 13.8 Å². The Balaban J connectivity index is 2.09. The van der Waals surface area contributed by atoms with Gasteiger partial charge < -0.3 is 15.2 Å². The summed E-state index contributed by atoms with van der Waals surface area (Å²) in [5.74, 6) is -2.23. The first-order chi connectivity index (χ1) is 12.6. The van der Waals surface area contributed by atoms with Crippen molar-refractivity contribution in [1.29, 1.82) is 0 Å². The lowest BCUT2D eigenvalue weighted by molar-refractivity contribution is -0.712. The van der Waals surface area contributed by atoms with Crippen LogP contribution in [0.3, 0.4) is 0 Å². The van der Waals surface area contributed by atoms with Gasteiger partial charge in [-0.3, -0.25) is 9.59 Å². The number of carbonyl (C=O) groups excluding carboxylic acids is 2. The Hall–Kier alpha value is -3.17. The van der Waals surface area contributed by atoms with Crippen molar-refractivity contribution in [2.75, 3.05) is 7.05 Å². The summed E-state index contributed by atoms with van der Waals surface area (Å²) in [4.78, 5) is 41.9. The fourth-order valence-electron chi connectivity index (χ4n) is 2.73. The van der Waals surface area contributed by atoms with E-state index < -0.39 is 30.1 Å². The quantitative estimate of drug-likeness (QED) is 0.317. The van der Waals surface area contributed by atoms with E-state index in [1.165, 1.54) is 26.1 Å². The van der Waals surface area contributed by atoms with Crippen LogP contribution in [-0.2, 0) is 9.63 Å². The van der Waals surface area contributed by atoms with E-state index >= 15 is 0 Å². The van der Waals surface area contributed by atoms with Crippen molar-refractivity contribution in [1.82, 2.24) is 9.91 Å². The molecule has 0 aromatic heterocycles. The summed E-state index contributed by atoms with van der Waals surface area (Å²) in [7, 11) is 1.27. The molecule has 1 aromatic carbocycles. The van der Waals surface area contributed by atoms with E-state index in [1.54, 1.807) is 12.1 Å². The molecule has 27 heavy (non-hydrogen) atoms. The number of imide groups is 1. The highest BCUT2D eigenvalue weighted by molar-refractivity contribution is 6.21. The highest BCUT2D eigenvalue weighted by Gasteiger charge is 2.40. The zero-order chi connectivity index (χ0) is 20.3. The lowest BCUT2D eigenvalue weighted by Crippen LogP contribution is -2.44. The van der Waals surface area contributed by atoms with Crippen LogP contribution in [0.2, 0.25) is 0 Å². The lowest BCUT2D eigenvalue weighted by atomic mass is 10.0. The van der Waals surface area contributed by atoms with Crippen LogP contribution in [-0.4, -0.2) is 57.1 Å². The van der Waals surface area contributed by atoms with Crippen LogP contribution in [0.4, 0.5) is 0 Å². The molecule has 0 bridgehead atoms. The van der Waals surface area contributed by atoms with Crippen molar-refractivity contribution in [3.8, 4) is 0 Å². The minimum Gasteiger partial charge on any atom is -0.569 e. The van der Waals surface area contributed by atoms with Crippen LogP contribution in [0.1, 0.15) is 47.9 Å². The third-order valence-corrected chi connectivity index (χ3v) is 4.16. The highest BCUT2D eigenvalue weighted by Crippen LogP contribution is 2.24. The maximum atomic E-state index is 12.3. The normalized spacial score (nSPS) is 16.3. The molecule has 10 nitrogen and oxygen atoms in total. The van der Waals surface area contributed by atoms with E-state index in [0.717, 1.165) is 9.91 Å². The number of aliphatic carboxylic acids is 1. The molecule has 2 amide bonds. The number of carboxylic acids is 1. The van der Waals surface area contributed by atoms with Gasteiger partial charge in [-0.1, -0.05) is 26.0 Å². The molecular weight excluding hydrogens is 356 g/mol. The fourth-order valence-corrected chi connectivity index (χ4v) is 2.73. The van der Waals surface area contributed by atoms with Crippen molar-refractivity contribution < 1.29 is 29.3 Å². The monoisotopic (exact) mass is 378 g/mol. The number of nitrogens with zero attached hydrogens (tertiary/aromatic N) is 4. The van der Waals surface area contributed by atoms with Gasteiger partial charge in [0.1, 0.15) is 0 Å². The van der Waals surface area contributed by atoms with Crippen molar-refractivity contribution >= 4 is 17.8 Å². The Morgan fingerprint density at radius 1 is 1.26 bits per heavy atom. The molecule has 1 aromatic rings. The predicted octanol–water partition coefficient (Wildman–Crippen LogP) is 1.87. The smallest absolute Gasteiger partial charge is 0.332 e. The maximum Gasteiger partial charge on any atom is 0.332 e. The molecule has 1 heterocycles. The number of hydrogen-bond acceptors (Lipinski definition) is 6. The number of amides is 2. The lowest BCUT2D eigenvalue weighted by Gasteiger charge is -2.23. The van der Waals surface area contributed by atoms with Crippen LogP contribution < -0.4 is 0 Å². The zero-order valence-corrected chi connectivity index (χ0v) is 15.5. The van der Waals surface area contributed by atoms with Gasteiger partial charge in [-0.25, -0.2) is 9.69 Å². The molecule has 10 heteroatoms. The minimum atomic E-state index is -1.17. The van der Waals surface area contributed by atoms with Gasteiger partial charge in [0.25, 0.3) is 11.8 Å². The summed E-state index contributed by atoms with van der Waals surface area (Å²) in [5.41, 5.74) is 0.494. The largest absolute Gasteiger partial charge is 0.569 e. The van der Waals surface area contributed by atoms with Crippen molar-refractivity contribution in [3.63, 3.8) is 0 Å². The van der Waals surface area contributed by atoms with E-state index in [9.17, 15) is 24.7 Å². The SMILES string of the molecule is CC(C)C[C@@H](C(=O)O)N(C)/[N+]([O-])=N/OC(C)N1C(=O)c2ccccc2C1=O. The summed E-state index contributed by atoms with van der Waals surface area (Å²) in [6.07, 6.45) is -0.913. The molecule has 146 valence electrons. The Kier molecular flexibility index (Phi) is 5.98. The maximum absolute atomic E-state index is 12.3. The summed E-state index contributed by atoms with van der Waals surface area (Å²) < 4.78 is 0. The van der Waals surface area contributed by atoms with Crippen LogP contribution >= 0.6 is 0 Å². The number of likely N-dealkylation sites (N-methyl/N-ethyl adjacent to an activating group) is 1. The number of carboxylic acid groups (broad SMARTS) is 1. The second-order valence-corrected chi connectivity index (χ2v) is 6.62. The summed E-state index contributed by atoms with van der Waals surface area (Å²) in [6, 6.07) is 5.23. The summed E-state index contributed by atoms with van der Waals surface area (Å²) in [5, 5.41) is 25.5. The summed E-state index contributed by atoms with van der Waals surface area (Å²) >= 11 is 0. The molecule has 2 atom stereocenters.